The molecule has 0 fully saturated rings. The molecule has 1 unspecified atom stereocenters. The third-order valence-electron chi connectivity index (χ3n) is 4.21. The maximum Gasteiger partial charge on any atom is 0.335 e. The van der Waals surface area contributed by atoms with Crippen LogP contribution in [0.1, 0.15) is 25.3 Å². The second-order valence-corrected chi connectivity index (χ2v) is 6.97. The Kier molecular flexibility index (Phi) is 5.81. The molecule has 3 atom stereocenters. The smallest absolute Gasteiger partial charge is 0.335 e. The molecular formula is C18H19BrN4O4. The lowest BCUT2D eigenvalue weighted by Gasteiger charge is -2.22. The molecule has 1 aliphatic rings. The van der Waals surface area contributed by atoms with E-state index < -0.39 is 24.1 Å². The van der Waals surface area contributed by atoms with Crippen molar-refractivity contribution in [2.45, 2.75) is 32.0 Å². The minimum atomic E-state index is -1.30. The molecule has 2 N–H and O–H groups in total. The number of benzene rings is 1. The first-order valence-corrected chi connectivity index (χ1v) is 9.29. The van der Waals surface area contributed by atoms with E-state index in [0.29, 0.717) is 40.0 Å². The van der Waals surface area contributed by atoms with Gasteiger partial charge in [-0.15, -0.1) is 0 Å². The van der Waals surface area contributed by atoms with Gasteiger partial charge in [0.25, 0.3) is 0 Å². The third-order valence-corrected chi connectivity index (χ3v) is 5.05. The highest BCUT2D eigenvalue weighted by atomic mass is 79.9. The Balaban J connectivity index is 2.01. The van der Waals surface area contributed by atoms with Crippen molar-refractivity contribution in [2.75, 3.05) is 13.1 Å². The summed E-state index contributed by atoms with van der Waals surface area (Å²) in [5.41, 5.74) is 1.97. The maximum atomic E-state index is 13.1. The molecular weight excluding hydrogens is 416 g/mol. The SMILES string of the molecule is C[C@H](O)C(=O)O[C@@H](C)C(=O)C(C1=NCCN1)c1ccc2nccnc2c1Br. The van der Waals surface area contributed by atoms with E-state index in [1.54, 1.807) is 24.5 Å². The topological polar surface area (TPSA) is 114 Å². The highest BCUT2D eigenvalue weighted by Gasteiger charge is 2.35. The van der Waals surface area contributed by atoms with Crippen molar-refractivity contribution in [2.24, 2.45) is 4.99 Å². The van der Waals surface area contributed by atoms with Gasteiger partial charge in [0, 0.05) is 23.4 Å². The molecule has 0 bridgehead atoms. The predicted octanol–water partition coefficient (Wildman–Crippen LogP) is 1.36. The highest BCUT2D eigenvalue weighted by molar-refractivity contribution is 9.10. The van der Waals surface area contributed by atoms with Crippen molar-refractivity contribution in [1.29, 1.82) is 0 Å². The van der Waals surface area contributed by atoms with Gasteiger partial charge in [-0.05, 0) is 41.4 Å². The van der Waals surface area contributed by atoms with Gasteiger partial charge < -0.3 is 15.2 Å². The predicted molar refractivity (Wildman–Crippen MR) is 103 cm³/mol. The van der Waals surface area contributed by atoms with Gasteiger partial charge in [0.2, 0.25) is 0 Å². The van der Waals surface area contributed by atoms with Crippen LogP contribution in [0.15, 0.2) is 34.0 Å². The number of esters is 1. The fourth-order valence-corrected chi connectivity index (χ4v) is 3.52. The Bertz CT molecular complexity index is 915. The quantitative estimate of drug-likeness (QED) is 0.659. The maximum absolute atomic E-state index is 13.1. The Hall–Kier alpha value is -2.39. The number of nitrogens with zero attached hydrogens (tertiary/aromatic N) is 3. The summed E-state index contributed by atoms with van der Waals surface area (Å²) in [6, 6.07) is 3.57. The first-order valence-electron chi connectivity index (χ1n) is 8.49. The largest absolute Gasteiger partial charge is 0.453 e. The van der Waals surface area contributed by atoms with E-state index in [-0.39, 0.29) is 5.78 Å². The molecule has 1 aromatic carbocycles. The highest BCUT2D eigenvalue weighted by Crippen LogP contribution is 2.33. The Morgan fingerprint density at radius 2 is 2.00 bits per heavy atom. The normalized spacial score (nSPS) is 17.0. The summed E-state index contributed by atoms with van der Waals surface area (Å²) in [5, 5.41) is 12.5. The molecule has 142 valence electrons. The second kappa shape index (κ2) is 8.10. The van der Waals surface area contributed by atoms with E-state index in [0.717, 1.165) is 0 Å². The molecule has 1 aromatic heterocycles. The van der Waals surface area contributed by atoms with Crippen molar-refractivity contribution in [3.05, 3.63) is 34.6 Å². The minimum Gasteiger partial charge on any atom is -0.453 e. The number of hydrogen-bond donors (Lipinski definition) is 2. The number of carbonyl (C=O) groups excluding carboxylic acids is 2. The summed E-state index contributed by atoms with van der Waals surface area (Å²) in [7, 11) is 0. The zero-order valence-corrected chi connectivity index (χ0v) is 16.4. The van der Waals surface area contributed by atoms with Gasteiger partial charge in [0.05, 0.1) is 12.1 Å². The minimum absolute atomic E-state index is 0.346. The zero-order valence-electron chi connectivity index (χ0n) is 14.8. The van der Waals surface area contributed by atoms with Crippen LogP contribution >= 0.6 is 15.9 Å². The second-order valence-electron chi connectivity index (χ2n) is 6.18. The van der Waals surface area contributed by atoms with Crippen LogP contribution in [0, 0.1) is 0 Å². The summed E-state index contributed by atoms with van der Waals surface area (Å²) >= 11 is 3.54. The number of aliphatic imine (C=N–C) groups is 1. The van der Waals surface area contributed by atoms with Crippen molar-refractivity contribution in [1.82, 2.24) is 15.3 Å². The molecule has 1 aliphatic heterocycles. The summed E-state index contributed by atoms with van der Waals surface area (Å²) in [6.45, 7) is 3.97. The fourth-order valence-electron chi connectivity index (χ4n) is 2.85. The molecule has 9 heteroatoms. The van der Waals surface area contributed by atoms with E-state index in [1.807, 2.05) is 0 Å². The van der Waals surface area contributed by atoms with E-state index in [4.69, 9.17) is 4.74 Å². The van der Waals surface area contributed by atoms with Gasteiger partial charge in [0.1, 0.15) is 23.4 Å². The molecule has 0 spiro atoms. The van der Waals surface area contributed by atoms with E-state index in [2.05, 4.69) is 36.2 Å². The van der Waals surface area contributed by atoms with Crippen LogP contribution < -0.4 is 5.32 Å². The number of Topliss-reactive ketones (excluding diaryl/α,β-unsaturated/α-hetero) is 1. The molecule has 0 radical (unpaired) electrons. The van der Waals surface area contributed by atoms with Crippen LogP contribution in [0.25, 0.3) is 11.0 Å². The van der Waals surface area contributed by atoms with Gasteiger partial charge in [-0.3, -0.25) is 19.8 Å². The molecule has 0 amide bonds. The summed E-state index contributed by atoms with van der Waals surface area (Å²) in [5.74, 6) is -1.44. The Morgan fingerprint density at radius 3 is 2.67 bits per heavy atom. The molecule has 0 saturated carbocycles. The molecule has 3 rings (SSSR count). The van der Waals surface area contributed by atoms with E-state index in [9.17, 15) is 14.7 Å². The number of amidine groups is 1. The molecule has 0 aliphatic carbocycles. The van der Waals surface area contributed by atoms with Gasteiger partial charge in [-0.25, -0.2) is 4.79 Å². The number of ketones is 1. The Morgan fingerprint density at radius 1 is 1.26 bits per heavy atom. The number of ether oxygens (including phenoxy) is 1. The monoisotopic (exact) mass is 434 g/mol. The van der Waals surface area contributed by atoms with Crippen molar-refractivity contribution >= 4 is 44.6 Å². The van der Waals surface area contributed by atoms with Gasteiger partial charge in [-0.2, -0.15) is 0 Å². The van der Waals surface area contributed by atoms with Crippen molar-refractivity contribution in [3.63, 3.8) is 0 Å². The molecule has 2 heterocycles. The number of aliphatic hydroxyl groups excluding tert-OH is 1. The van der Waals surface area contributed by atoms with E-state index in [1.165, 1.54) is 13.8 Å². The number of nitrogens with one attached hydrogen (secondary N) is 1. The lowest BCUT2D eigenvalue weighted by atomic mass is 9.90. The number of halogens is 1. The number of aliphatic hydroxyl groups is 1. The van der Waals surface area contributed by atoms with Crippen LogP contribution in [0.3, 0.4) is 0 Å². The number of rotatable bonds is 6. The van der Waals surface area contributed by atoms with Crippen molar-refractivity contribution < 1.29 is 19.4 Å². The lowest BCUT2D eigenvalue weighted by molar-refractivity contribution is -0.161. The van der Waals surface area contributed by atoms with Gasteiger partial charge in [-0.1, -0.05) is 6.07 Å². The summed E-state index contributed by atoms with van der Waals surface area (Å²) < 4.78 is 5.73. The van der Waals surface area contributed by atoms with Crippen LogP contribution in [0.2, 0.25) is 0 Å². The standard InChI is InChI=1S/C18H19BrN4O4/c1-9(24)18(26)27-10(2)16(25)13(17-22-7-8-23-17)11-3-4-12-15(14(11)19)21-6-5-20-12/h3-6,9-10,13,24H,7-8H2,1-2H3,(H,22,23)/t9-,10-,13?/m0/s1. The number of fused-ring (bicyclic) bond motifs is 1. The van der Waals surface area contributed by atoms with Gasteiger partial charge in [0.15, 0.2) is 11.9 Å². The first kappa shape index (κ1) is 19.4. The van der Waals surface area contributed by atoms with Gasteiger partial charge >= 0.3 is 5.97 Å². The fraction of sp³-hybridized carbons (Fsp3) is 0.389. The summed E-state index contributed by atoms with van der Waals surface area (Å²) in [4.78, 5) is 37.8. The zero-order chi connectivity index (χ0) is 19.6. The molecule has 8 nitrogen and oxygen atoms in total. The van der Waals surface area contributed by atoms with E-state index >= 15 is 0 Å². The number of carbonyl (C=O) groups is 2. The van der Waals surface area contributed by atoms with Crippen LogP contribution in [-0.4, -0.2) is 58.0 Å². The molecule has 0 saturated heterocycles. The Labute approximate surface area is 164 Å². The molecule has 27 heavy (non-hydrogen) atoms. The number of aromatic nitrogens is 2. The number of hydrogen-bond acceptors (Lipinski definition) is 8. The lowest BCUT2D eigenvalue weighted by Crippen LogP contribution is -2.38. The van der Waals surface area contributed by atoms with Crippen molar-refractivity contribution in [3.8, 4) is 0 Å². The first-order chi connectivity index (χ1) is 12.9. The average molecular weight is 435 g/mol. The summed E-state index contributed by atoms with van der Waals surface area (Å²) in [6.07, 6.45) is 0.818. The molecule has 2 aromatic rings. The third kappa shape index (κ3) is 3.98. The van der Waals surface area contributed by atoms with Crippen LogP contribution in [0.4, 0.5) is 0 Å². The van der Waals surface area contributed by atoms with Crippen LogP contribution in [-0.2, 0) is 14.3 Å². The van der Waals surface area contributed by atoms with Crippen LogP contribution in [0.5, 0.6) is 0 Å². The average Bonchev–Trinajstić information content (AvgIpc) is 3.18.